The van der Waals surface area contributed by atoms with Crippen molar-refractivity contribution in [3.05, 3.63) is 26.5 Å². The molecule has 2 heterocycles. The molecule has 0 amide bonds. The molecule has 1 saturated heterocycles. The summed E-state index contributed by atoms with van der Waals surface area (Å²) in [6.07, 6.45) is 0.614. The van der Waals surface area contributed by atoms with Crippen LogP contribution < -0.4 is 0 Å². The smallest absolute Gasteiger partial charge is 0.178 e. The Morgan fingerprint density at radius 1 is 1.47 bits per heavy atom. The molecule has 1 aromatic carbocycles. The fourth-order valence-corrected chi connectivity index (χ4v) is 5.83. The van der Waals surface area contributed by atoms with Crippen LogP contribution in [0.15, 0.2) is 18.2 Å². The Bertz CT molecular complexity index is 822. The second-order valence-corrected chi connectivity index (χ2v) is 9.08. The zero-order chi connectivity index (χ0) is 13.8. The molecule has 3 rings (SSSR count). The first-order valence-corrected chi connectivity index (χ1v) is 9.23. The summed E-state index contributed by atoms with van der Waals surface area (Å²) in [5.41, 5.74) is 1.49. The molecule has 2 aromatic rings. The summed E-state index contributed by atoms with van der Waals surface area (Å²) >= 11 is 7.64. The zero-order valence-corrected chi connectivity index (χ0v) is 14.1. The zero-order valence-electron chi connectivity index (χ0n) is 10.3. The minimum atomic E-state index is -2.96. The van der Waals surface area contributed by atoms with Gasteiger partial charge in [-0.2, -0.15) is 0 Å². The first kappa shape index (κ1) is 13.6. The number of nitrogens with one attached hydrogen (secondary N) is 1. The van der Waals surface area contributed by atoms with Crippen LogP contribution >= 0.6 is 34.8 Å². The van der Waals surface area contributed by atoms with Crippen molar-refractivity contribution >= 4 is 55.7 Å². The van der Waals surface area contributed by atoms with Crippen LogP contribution in [0.1, 0.15) is 13.3 Å². The van der Waals surface area contributed by atoms with E-state index in [1.165, 1.54) is 0 Å². The Morgan fingerprint density at radius 2 is 2.21 bits per heavy atom. The molecule has 1 N–H and O–H groups in total. The van der Waals surface area contributed by atoms with E-state index in [4.69, 9.17) is 12.2 Å². The Balaban J connectivity index is 2.26. The van der Waals surface area contributed by atoms with Crippen molar-refractivity contribution in [2.45, 2.75) is 18.9 Å². The summed E-state index contributed by atoms with van der Waals surface area (Å²) in [6.45, 7) is 1.97. The highest BCUT2D eigenvalue weighted by atomic mass is 127. The molecule has 1 fully saturated rings. The van der Waals surface area contributed by atoms with Crippen molar-refractivity contribution in [2.75, 3.05) is 11.5 Å². The SMILES string of the molecule is CC1(n2c(=S)[nH]c3cc(I)ccc32)CCS(=O)(=O)C1. The molecule has 0 bridgehead atoms. The Morgan fingerprint density at radius 3 is 2.84 bits per heavy atom. The van der Waals surface area contributed by atoms with Crippen molar-refractivity contribution < 1.29 is 8.42 Å². The number of halogens is 1. The van der Waals surface area contributed by atoms with E-state index in [9.17, 15) is 8.42 Å². The van der Waals surface area contributed by atoms with Gasteiger partial charge in [0.25, 0.3) is 0 Å². The number of aromatic amines is 1. The molecular formula is C12H13IN2O2S2. The number of nitrogens with zero attached hydrogens (tertiary/aromatic N) is 1. The molecule has 1 aromatic heterocycles. The van der Waals surface area contributed by atoms with Crippen LogP contribution in [0.3, 0.4) is 0 Å². The number of rotatable bonds is 1. The monoisotopic (exact) mass is 408 g/mol. The maximum absolute atomic E-state index is 11.8. The summed E-state index contributed by atoms with van der Waals surface area (Å²) in [7, 11) is -2.96. The van der Waals surface area contributed by atoms with Gasteiger partial charge in [0, 0.05) is 3.57 Å². The standard InChI is InChI=1S/C12H13IN2O2S2/c1-12(4-5-19(16,17)7-12)15-10-3-2-8(13)6-9(10)14-11(15)18/h2-3,6H,4-5,7H2,1H3,(H,14,18). The fourth-order valence-electron chi connectivity index (χ4n) is 2.79. The molecule has 0 spiro atoms. The van der Waals surface area contributed by atoms with Gasteiger partial charge >= 0.3 is 0 Å². The van der Waals surface area contributed by atoms with Crippen LogP contribution in [0.5, 0.6) is 0 Å². The molecule has 1 unspecified atom stereocenters. The van der Waals surface area contributed by atoms with E-state index >= 15 is 0 Å². The number of hydrogen-bond donors (Lipinski definition) is 1. The van der Waals surface area contributed by atoms with Crippen LogP contribution in [0.2, 0.25) is 0 Å². The average Bonchev–Trinajstić information content (AvgIpc) is 2.75. The summed E-state index contributed by atoms with van der Waals surface area (Å²) in [6, 6.07) is 6.03. The maximum atomic E-state index is 11.8. The van der Waals surface area contributed by atoms with Gasteiger partial charge in [0.15, 0.2) is 14.6 Å². The van der Waals surface area contributed by atoms with Gasteiger partial charge in [-0.15, -0.1) is 0 Å². The second-order valence-electron chi connectivity index (χ2n) is 5.27. The van der Waals surface area contributed by atoms with Gasteiger partial charge in [0.1, 0.15) is 0 Å². The lowest BCUT2D eigenvalue weighted by atomic mass is 10.0. The van der Waals surface area contributed by atoms with Crippen molar-refractivity contribution in [2.24, 2.45) is 0 Å². The van der Waals surface area contributed by atoms with Crippen LogP contribution in [-0.4, -0.2) is 29.5 Å². The third-order valence-corrected chi connectivity index (χ3v) is 6.51. The van der Waals surface area contributed by atoms with E-state index in [1.54, 1.807) is 0 Å². The molecular weight excluding hydrogens is 395 g/mol. The lowest BCUT2D eigenvalue weighted by Gasteiger charge is -2.25. The Labute approximate surface area is 130 Å². The number of H-pyrrole nitrogens is 1. The van der Waals surface area contributed by atoms with Crippen LogP contribution in [0.25, 0.3) is 11.0 Å². The lowest BCUT2D eigenvalue weighted by molar-refractivity contribution is 0.372. The van der Waals surface area contributed by atoms with Gasteiger partial charge in [-0.05, 0) is 66.4 Å². The second kappa shape index (κ2) is 4.29. The minimum Gasteiger partial charge on any atom is -0.331 e. The normalized spacial score (nSPS) is 26.0. The Kier molecular flexibility index (Phi) is 3.06. The molecule has 0 saturated carbocycles. The molecule has 0 radical (unpaired) electrons. The molecule has 1 aliphatic rings. The van der Waals surface area contributed by atoms with Gasteiger partial charge in [-0.3, -0.25) is 0 Å². The van der Waals surface area contributed by atoms with Gasteiger partial charge in [-0.1, -0.05) is 0 Å². The predicted octanol–water partition coefficient (Wildman–Crippen LogP) is 2.84. The number of benzene rings is 1. The first-order chi connectivity index (χ1) is 8.81. The molecule has 1 atom stereocenters. The first-order valence-electron chi connectivity index (χ1n) is 5.92. The Hall–Kier alpha value is -0.410. The molecule has 7 heteroatoms. The van der Waals surface area contributed by atoms with Gasteiger partial charge < -0.3 is 9.55 Å². The molecule has 0 aliphatic carbocycles. The third-order valence-electron chi connectivity index (χ3n) is 3.67. The van der Waals surface area contributed by atoms with E-state index in [2.05, 4.69) is 27.6 Å². The van der Waals surface area contributed by atoms with E-state index in [-0.39, 0.29) is 11.5 Å². The molecule has 102 valence electrons. The molecule has 1 aliphatic heterocycles. The minimum absolute atomic E-state index is 0.160. The van der Waals surface area contributed by atoms with Crippen LogP contribution in [0.4, 0.5) is 0 Å². The van der Waals surface area contributed by atoms with Crippen molar-refractivity contribution in [1.29, 1.82) is 0 Å². The molecule has 4 nitrogen and oxygen atoms in total. The highest BCUT2D eigenvalue weighted by Gasteiger charge is 2.41. The number of sulfone groups is 1. The topological polar surface area (TPSA) is 54.9 Å². The maximum Gasteiger partial charge on any atom is 0.178 e. The van der Waals surface area contributed by atoms with E-state index in [0.717, 1.165) is 14.6 Å². The van der Waals surface area contributed by atoms with E-state index < -0.39 is 15.4 Å². The fraction of sp³-hybridized carbons (Fsp3) is 0.417. The predicted molar refractivity (Wildman–Crippen MR) is 86.8 cm³/mol. The summed E-state index contributed by atoms with van der Waals surface area (Å²) < 4.78 is 27.3. The van der Waals surface area contributed by atoms with Crippen LogP contribution in [-0.2, 0) is 15.4 Å². The lowest BCUT2D eigenvalue weighted by Crippen LogP contribution is -2.31. The van der Waals surface area contributed by atoms with Crippen molar-refractivity contribution in [3.63, 3.8) is 0 Å². The summed E-state index contributed by atoms with van der Waals surface area (Å²) in [5.74, 6) is 0.398. The van der Waals surface area contributed by atoms with E-state index in [1.807, 2.05) is 29.7 Å². The largest absolute Gasteiger partial charge is 0.331 e. The van der Waals surface area contributed by atoms with Gasteiger partial charge in [0.2, 0.25) is 0 Å². The van der Waals surface area contributed by atoms with Crippen molar-refractivity contribution in [3.8, 4) is 0 Å². The molecule has 19 heavy (non-hydrogen) atoms. The quantitative estimate of drug-likeness (QED) is 0.583. The highest BCUT2D eigenvalue weighted by molar-refractivity contribution is 14.1. The summed E-state index contributed by atoms with van der Waals surface area (Å²) in [4.78, 5) is 3.18. The number of imidazole rings is 1. The number of hydrogen-bond acceptors (Lipinski definition) is 3. The average molecular weight is 408 g/mol. The van der Waals surface area contributed by atoms with Gasteiger partial charge in [-0.25, -0.2) is 8.42 Å². The van der Waals surface area contributed by atoms with E-state index in [0.29, 0.717) is 11.2 Å². The van der Waals surface area contributed by atoms with Crippen molar-refractivity contribution in [1.82, 2.24) is 9.55 Å². The third kappa shape index (κ3) is 2.25. The van der Waals surface area contributed by atoms with Gasteiger partial charge in [0.05, 0.1) is 28.1 Å². The number of fused-ring (bicyclic) bond motifs is 1. The highest BCUT2D eigenvalue weighted by Crippen LogP contribution is 2.34. The summed E-state index contributed by atoms with van der Waals surface area (Å²) in [5, 5.41) is 0. The number of aromatic nitrogens is 2. The van der Waals surface area contributed by atoms with Crippen LogP contribution in [0, 0.1) is 8.34 Å².